The van der Waals surface area contributed by atoms with Gasteiger partial charge in [-0.15, -0.1) is 0 Å². The molecule has 6 rings (SSSR count). The molecule has 4 aliphatic rings. The highest BCUT2D eigenvalue weighted by molar-refractivity contribution is 7.92. The van der Waals surface area contributed by atoms with Gasteiger partial charge in [0.1, 0.15) is 12.6 Å². The summed E-state index contributed by atoms with van der Waals surface area (Å²) in [6.07, 6.45) is 10.0. The van der Waals surface area contributed by atoms with Crippen molar-refractivity contribution < 1.29 is 18.0 Å². The quantitative estimate of drug-likeness (QED) is 0.299. The standard InChI is InChI=1S/C34H46ClN3O4S/c1-5-23(3)36-33(40)31(6-2)37(21-24-7-11-29(35)12-8-24)32(39)22-38(43(4,41)42)30-13-9-28(10-14-30)34-18-25-15-26(19-34)17-27(16-25)20-34/h7-14,23,25-27,31H,5-6,15-22H2,1-4H3,(H,36,40). The molecule has 2 atom stereocenters. The highest BCUT2D eigenvalue weighted by atomic mass is 35.5. The van der Waals surface area contributed by atoms with Gasteiger partial charge in [0.25, 0.3) is 0 Å². The molecule has 2 aromatic rings. The van der Waals surface area contributed by atoms with Gasteiger partial charge in [-0.05, 0) is 117 Å². The molecule has 7 nitrogen and oxygen atoms in total. The van der Waals surface area contributed by atoms with Gasteiger partial charge in [-0.1, -0.05) is 49.7 Å². The van der Waals surface area contributed by atoms with Gasteiger partial charge < -0.3 is 10.2 Å². The van der Waals surface area contributed by atoms with Crippen LogP contribution in [0.25, 0.3) is 0 Å². The molecule has 2 unspecified atom stereocenters. The number of sulfonamides is 1. The van der Waals surface area contributed by atoms with Crippen LogP contribution in [-0.4, -0.2) is 50.0 Å². The number of amides is 2. The Bertz CT molecular complexity index is 1370. The number of halogens is 1. The SMILES string of the molecule is CCC(C)NC(=O)C(CC)N(Cc1ccc(Cl)cc1)C(=O)CN(c1ccc(C23CC4CC(CC(C4)C2)C3)cc1)S(C)(=O)=O. The van der Waals surface area contributed by atoms with Gasteiger partial charge >= 0.3 is 0 Å². The van der Waals surface area contributed by atoms with Crippen molar-refractivity contribution in [3.63, 3.8) is 0 Å². The van der Waals surface area contributed by atoms with Crippen LogP contribution in [0.4, 0.5) is 5.69 Å². The van der Waals surface area contributed by atoms with Gasteiger partial charge in [0.05, 0.1) is 11.9 Å². The highest BCUT2D eigenvalue weighted by Gasteiger charge is 2.51. The van der Waals surface area contributed by atoms with Crippen LogP contribution in [0.3, 0.4) is 0 Å². The van der Waals surface area contributed by atoms with Crippen LogP contribution in [0.5, 0.6) is 0 Å². The lowest BCUT2D eigenvalue weighted by Crippen LogP contribution is -2.53. The zero-order chi connectivity index (χ0) is 30.9. The van der Waals surface area contributed by atoms with E-state index in [2.05, 4.69) is 17.4 Å². The summed E-state index contributed by atoms with van der Waals surface area (Å²) in [5, 5.41) is 3.57. The van der Waals surface area contributed by atoms with Crippen LogP contribution in [0.15, 0.2) is 48.5 Å². The maximum Gasteiger partial charge on any atom is 0.244 e. The molecule has 0 saturated heterocycles. The minimum Gasteiger partial charge on any atom is -0.352 e. The third kappa shape index (κ3) is 7.06. The summed E-state index contributed by atoms with van der Waals surface area (Å²) in [5.74, 6) is 1.76. The van der Waals surface area contributed by atoms with Crippen molar-refractivity contribution in [2.45, 2.75) is 96.2 Å². The fraction of sp³-hybridized carbons (Fsp3) is 0.588. The molecule has 0 radical (unpaired) electrons. The van der Waals surface area contributed by atoms with Crippen molar-refractivity contribution in [2.75, 3.05) is 17.1 Å². The van der Waals surface area contributed by atoms with Crippen LogP contribution in [0.1, 0.15) is 83.3 Å². The molecule has 0 spiro atoms. The van der Waals surface area contributed by atoms with Crippen molar-refractivity contribution in [1.82, 2.24) is 10.2 Å². The number of carbonyl (C=O) groups excluding carboxylic acids is 2. The number of nitrogens with one attached hydrogen (secondary N) is 1. The average Bonchev–Trinajstić information content (AvgIpc) is 2.95. The van der Waals surface area contributed by atoms with Crippen molar-refractivity contribution in [2.24, 2.45) is 17.8 Å². The Labute approximate surface area is 262 Å². The van der Waals surface area contributed by atoms with E-state index in [4.69, 9.17) is 11.6 Å². The molecule has 2 aromatic carbocycles. The Balaban J connectivity index is 1.40. The lowest BCUT2D eigenvalue weighted by molar-refractivity contribution is -0.140. The predicted molar refractivity (Wildman–Crippen MR) is 172 cm³/mol. The summed E-state index contributed by atoms with van der Waals surface area (Å²) in [4.78, 5) is 28.8. The largest absolute Gasteiger partial charge is 0.352 e. The summed E-state index contributed by atoms with van der Waals surface area (Å²) >= 11 is 6.09. The van der Waals surface area contributed by atoms with Crippen molar-refractivity contribution in [3.05, 3.63) is 64.7 Å². The lowest BCUT2D eigenvalue weighted by atomic mass is 9.48. The van der Waals surface area contributed by atoms with Gasteiger partial charge in [-0.25, -0.2) is 8.42 Å². The van der Waals surface area contributed by atoms with E-state index < -0.39 is 28.5 Å². The maximum atomic E-state index is 14.0. The minimum atomic E-state index is -3.79. The highest BCUT2D eigenvalue weighted by Crippen LogP contribution is 2.60. The lowest BCUT2D eigenvalue weighted by Gasteiger charge is -2.57. The van der Waals surface area contributed by atoms with E-state index in [1.54, 1.807) is 12.1 Å². The van der Waals surface area contributed by atoms with E-state index in [0.29, 0.717) is 17.1 Å². The Morgan fingerprint density at radius 1 is 0.930 bits per heavy atom. The summed E-state index contributed by atoms with van der Waals surface area (Å²) in [6.45, 7) is 5.54. The predicted octanol–water partition coefficient (Wildman–Crippen LogP) is 6.30. The number of hydrogen-bond donors (Lipinski definition) is 1. The first kappa shape index (κ1) is 31.8. The molecular formula is C34H46ClN3O4S. The molecule has 43 heavy (non-hydrogen) atoms. The first-order valence-corrected chi connectivity index (χ1v) is 18.1. The number of rotatable bonds is 12. The van der Waals surface area contributed by atoms with E-state index in [-0.39, 0.29) is 23.9 Å². The molecular weight excluding hydrogens is 582 g/mol. The van der Waals surface area contributed by atoms with Crippen molar-refractivity contribution >= 4 is 39.1 Å². The summed E-state index contributed by atoms with van der Waals surface area (Å²) < 4.78 is 27.4. The number of benzene rings is 2. The van der Waals surface area contributed by atoms with Gasteiger partial charge in [0, 0.05) is 17.6 Å². The van der Waals surface area contributed by atoms with E-state index in [9.17, 15) is 18.0 Å². The second-order valence-corrected chi connectivity index (χ2v) is 15.7. The van der Waals surface area contributed by atoms with Gasteiger partial charge in [-0.3, -0.25) is 13.9 Å². The Morgan fingerprint density at radius 2 is 1.49 bits per heavy atom. The molecule has 4 bridgehead atoms. The van der Waals surface area contributed by atoms with Gasteiger partial charge in [0.15, 0.2) is 0 Å². The van der Waals surface area contributed by atoms with E-state index in [1.807, 2.05) is 45.0 Å². The molecule has 234 valence electrons. The zero-order valence-electron chi connectivity index (χ0n) is 25.9. The Hall–Kier alpha value is -2.58. The fourth-order valence-corrected chi connectivity index (χ4v) is 9.18. The molecule has 9 heteroatoms. The third-order valence-corrected chi connectivity index (χ3v) is 11.5. The van der Waals surface area contributed by atoms with Crippen LogP contribution in [0, 0.1) is 17.8 Å². The second-order valence-electron chi connectivity index (χ2n) is 13.4. The first-order valence-electron chi connectivity index (χ1n) is 15.8. The summed E-state index contributed by atoms with van der Waals surface area (Å²) in [7, 11) is -3.79. The maximum absolute atomic E-state index is 14.0. The number of carbonyl (C=O) groups is 2. The molecule has 4 aliphatic carbocycles. The number of hydrogen-bond acceptors (Lipinski definition) is 4. The Kier molecular flexibility index (Phi) is 9.48. The molecule has 0 heterocycles. The fourth-order valence-electron chi connectivity index (χ4n) is 8.21. The molecule has 2 amide bonds. The van der Waals surface area contributed by atoms with Crippen LogP contribution < -0.4 is 9.62 Å². The van der Waals surface area contributed by atoms with E-state index in [1.165, 1.54) is 53.3 Å². The number of anilines is 1. The molecule has 0 aliphatic heterocycles. The van der Waals surface area contributed by atoms with E-state index >= 15 is 0 Å². The molecule has 1 N–H and O–H groups in total. The summed E-state index contributed by atoms with van der Waals surface area (Å²) in [6, 6.07) is 14.2. The third-order valence-electron chi connectivity index (χ3n) is 10.1. The van der Waals surface area contributed by atoms with E-state index in [0.717, 1.165) is 36.0 Å². The van der Waals surface area contributed by atoms with Gasteiger partial charge in [-0.2, -0.15) is 0 Å². The van der Waals surface area contributed by atoms with Crippen LogP contribution in [-0.2, 0) is 31.6 Å². The minimum absolute atomic E-state index is 0.0472. The summed E-state index contributed by atoms with van der Waals surface area (Å²) in [5.41, 5.74) is 2.77. The van der Waals surface area contributed by atoms with Crippen molar-refractivity contribution in [1.29, 1.82) is 0 Å². The molecule has 4 fully saturated rings. The molecule has 4 saturated carbocycles. The Morgan fingerprint density at radius 3 is 1.98 bits per heavy atom. The normalized spacial score (nSPS) is 25.7. The average molecular weight is 628 g/mol. The van der Waals surface area contributed by atoms with Crippen LogP contribution in [0.2, 0.25) is 5.02 Å². The van der Waals surface area contributed by atoms with Crippen LogP contribution >= 0.6 is 11.6 Å². The zero-order valence-corrected chi connectivity index (χ0v) is 27.5. The second kappa shape index (κ2) is 12.8. The molecule has 0 aromatic heterocycles. The smallest absolute Gasteiger partial charge is 0.244 e. The van der Waals surface area contributed by atoms with Gasteiger partial charge in [0.2, 0.25) is 21.8 Å². The number of nitrogens with zero attached hydrogens (tertiary/aromatic N) is 2. The monoisotopic (exact) mass is 627 g/mol. The van der Waals surface area contributed by atoms with Crippen molar-refractivity contribution in [3.8, 4) is 0 Å². The first-order chi connectivity index (χ1) is 20.4. The topological polar surface area (TPSA) is 86.8 Å².